The molecule has 1 aliphatic heterocycles. The Morgan fingerprint density at radius 3 is 2.76 bits per heavy atom. The standard InChI is InChI=1S/C17H22N6O2/c1-11-7-12(2)20-17(19-11)22-15-9-18-8-13(21-15)14-5-4-6-23(14)16(24)10-25-3/h7-9,14H,4-6,10H2,1-3H3,(H,19,20,21,22)/t14-/m0/s1. The second kappa shape index (κ2) is 7.52. The summed E-state index contributed by atoms with van der Waals surface area (Å²) in [5, 5.41) is 3.09. The summed E-state index contributed by atoms with van der Waals surface area (Å²) in [4.78, 5) is 31.6. The highest BCUT2D eigenvalue weighted by atomic mass is 16.5. The number of aryl methyl sites for hydroxylation is 2. The summed E-state index contributed by atoms with van der Waals surface area (Å²) in [5.74, 6) is 1.03. The van der Waals surface area contributed by atoms with Crippen LogP contribution >= 0.6 is 0 Å². The molecule has 0 aliphatic carbocycles. The lowest BCUT2D eigenvalue weighted by Crippen LogP contribution is -2.33. The van der Waals surface area contributed by atoms with Crippen molar-refractivity contribution < 1.29 is 9.53 Å². The van der Waals surface area contributed by atoms with Gasteiger partial charge in [0.15, 0.2) is 5.82 Å². The van der Waals surface area contributed by atoms with Crippen molar-refractivity contribution in [3.63, 3.8) is 0 Å². The molecule has 2 aromatic heterocycles. The Bertz CT molecular complexity index is 746. The van der Waals surface area contributed by atoms with E-state index in [1.807, 2.05) is 24.8 Å². The first-order chi connectivity index (χ1) is 12.1. The van der Waals surface area contributed by atoms with Crippen LogP contribution in [0.2, 0.25) is 0 Å². The molecule has 8 nitrogen and oxygen atoms in total. The molecule has 132 valence electrons. The van der Waals surface area contributed by atoms with Gasteiger partial charge >= 0.3 is 0 Å². The lowest BCUT2D eigenvalue weighted by atomic mass is 10.1. The number of nitrogens with one attached hydrogen (secondary N) is 1. The first-order valence-corrected chi connectivity index (χ1v) is 8.26. The lowest BCUT2D eigenvalue weighted by Gasteiger charge is -2.24. The lowest BCUT2D eigenvalue weighted by molar-refractivity contribution is -0.136. The number of methoxy groups -OCH3 is 1. The van der Waals surface area contributed by atoms with Crippen LogP contribution in [0, 0.1) is 13.8 Å². The molecule has 0 aromatic carbocycles. The molecule has 2 aromatic rings. The molecule has 1 fully saturated rings. The highest BCUT2D eigenvalue weighted by Crippen LogP contribution is 2.31. The van der Waals surface area contributed by atoms with Crippen LogP contribution < -0.4 is 5.32 Å². The van der Waals surface area contributed by atoms with E-state index in [0.29, 0.717) is 18.3 Å². The van der Waals surface area contributed by atoms with E-state index in [1.54, 1.807) is 12.4 Å². The SMILES string of the molecule is COCC(=O)N1CCC[C@H]1c1cncc(Nc2nc(C)cc(C)n2)n1. The summed E-state index contributed by atoms with van der Waals surface area (Å²) in [6.45, 7) is 4.63. The number of rotatable bonds is 5. The molecule has 0 radical (unpaired) electrons. The van der Waals surface area contributed by atoms with Gasteiger partial charge in [-0.15, -0.1) is 0 Å². The molecule has 8 heteroatoms. The fourth-order valence-electron chi connectivity index (χ4n) is 3.08. The minimum Gasteiger partial charge on any atom is -0.375 e. The smallest absolute Gasteiger partial charge is 0.249 e. The average Bonchev–Trinajstić information content (AvgIpc) is 3.04. The van der Waals surface area contributed by atoms with Crippen LogP contribution in [-0.2, 0) is 9.53 Å². The zero-order valence-corrected chi connectivity index (χ0v) is 14.7. The van der Waals surface area contributed by atoms with Crippen LogP contribution in [0.25, 0.3) is 0 Å². The number of carbonyl (C=O) groups is 1. The Morgan fingerprint density at radius 2 is 2.04 bits per heavy atom. The summed E-state index contributed by atoms with van der Waals surface area (Å²) in [7, 11) is 1.52. The summed E-state index contributed by atoms with van der Waals surface area (Å²) in [6, 6.07) is 1.84. The van der Waals surface area contributed by atoms with Crippen LogP contribution in [0.4, 0.5) is 11.8 Å². The summed E-state index contributed by atoms with van der Waals surface area (Å²) in [6.07, 6.45) is 5.14. The highest BCUT2D eigenvalue weighted by molar-refractivity contribution is 5.78. The maximum absolute atomic E-state index is 12.2. The Kier molecular flexibility index (Phi) is 5.18. The van der Waals surface area contributed by atoms with Crippen LogP contribution in [-0.4, -0.2) is 51.0 Å². The van der Waals surface area contributed by atoms with E-state index in [9.17, 15) is 4.79 Å². The summed E-state index contributed by atoms with van der Waals surface area (Å²) >= 11 is 0. The first-order valence-electron chi connectivity index (χ1n) is 8.26. The maximum atomic E-state index is 12.2. The molecule has 3 heterocycles. The largest absolute Gasteiger partial charge is 0.375 e. The number of nitrogens with zero attached hydrogens (tertiary/aromatic N) is 5. The minimum absolute atomic E-state index is 0.0252. The molecule has 0 bridgehead atoms. The van der Waals surface area contributed by atoms with E-state index in [1.165, 1.54) is 7.11 Å². The number of hydrogen-bond donors (Lipinski definition) is 1. The van der Waals surface area contributed by atoms with Crippen molar-refractivity contribution in [2.75, 3.05) is 25.6 Å². The van der Waals surface area contributed by atoms with Gasteiger partial charge in [0, 0.05) is 25.0 Å². The predicted molar refractivity (Wildman–Crippen MR) is 92.4 cm³/mol. The zero-order valence-electron chi connectivity index (χ0n) is 14.7. The number of amides is 1. The molecule has 1 saturated heterocycles. The molecule has 0 spiro atoms. The fourth-order valence-corrected chi connectivity index (χ4v) is 3.08. The maximum Gasteiger partial charge on any atom is 0.249 e. The molecule has 1 atom stereocenters. The third kappa shape index (κ3) is 4.08. The van der Waals surface area contributed by atoms with E-state index < -0.39 is 0 Å². The predicted octanol–water partition coefficient (Wildman–Crippen LogP) is 1.94. The number of ether oxygens (including phenoxy) is 1. The van der Waals surface area contributed by atoms with E-state index in [4.69, 9.17) is 4.74 Å². The minimum atomic E-state index is -0.0722. The Labute approximate surface area is 146 Å². The highest BCUT2D eigenvalue weighted by Gasteiger charge is 2.31. The monoisotopic (exact) mass is 342 g/mol. The second-order valence-electron chi connectivity index (χ2n) is 6.11. The molecule has 1 N–H and O–H groups in total. The molecule has 1 amide bonds. The van der Waals surface area contributed by atoms with Gasteiger partial charge in [-0.3, -0.25) is 9.78 Å². The fraction of sp³-hybridized carbons (Fsp3) is 0.471. The summed E-state index contributed by atoms with van der Waals surface area (Å²) < 4.78 is 4.97. The van der Waals surface area contributed by atoms with Gasteiger partial charge in [0.25, 0.3) is 0 Å². The molecule has 3 rings (SSSR count). The van der Waals surface area contributed by atoms with E-state index in [-0.39, 0.29) is 18.6 Å². The summed E-state index contributed by atoms with van der Waals surface area (Å²) in [5.41, 5.74) is 2.52. The molecular weight excluding hydrogens is 320 g/mol. The van der Waals surface area contributed by atoms with Gasteiger partial charge in [-0.2, -0.15) is 0 Å². The quantitative estimate of drug-likeness (QED) is 0.887. The van der Waals surface area contributed by atoms with Crippen molar-refractivity contribution in [1.29, 1.82) is 0 Å². The van der Waals surface area contributed by atoms with Gasteiger partial charge in [-0.1, -0.05) is 0 Å². The third-order valence-corrected chi connectivity index (χ3v) is 4.06. The third-order valence-electron chi connectivity index (χ3n) is 4.06. The van der Waals surface area contributed by atoms with Gasteiger partial charge in [-0.05, 0) is 32.8 Å². The Balaban J connectivity index is 1.80. The van der Waals surface area contributed by atoms with Crippen molar-refractivity contribution in [1.82, 2.24) is 24.8 Å². The van der Waals surface area contributed by atoms with Gasteiger partial charge in [-0.25, -0.2) is 15.0 Å². The van der Waals surface area contributed by atoms with E-state index in [2.05, 4.69) is 25.3 Å². The topological polar surface area (TPSA) is 93.1 Å². The number of anilines is 2. The van der Waals surface area contributed by atoms with Crippen molar-refractivity contribution in [2.45, 2.75) is 32.7 Å². The van der Waals surface area contributed by atoms with Gasteiger partial charge < -0.3 is 15.0 Å². The van der Waals surface area contributed by atoms with E-state index >= 15 is 0 Å². The van der Waals surface area contributed by atoms with E-state index in [0.717, 1.165) is 29.9 Å². The van der Waals surface area contributed by atoms with Gasteiger partial charge in [0.2, 0.25) is 11.9 Å². The van der Waals surface area contributed by atoms with Gasteiger partial charge in [0.1, 0.15) is 6.61 Å². The van der Waals surface area contributed by atoms with Gasteiger partial charge in [0.05, 0.1) is 24.1 Å². The van der Waals surface area contributed by atoms with Crippen molar-refractivity contribution in [3.8, 4) is 0 Å². The Hall–Kier alpha value is -2.61. The normalized spacial score (nSPS) is 16.9. The zero-order chi connectivity index (χ0) is 17.8. The van der Waals surface area contributed by atoms with Crippen LogP contribution in [0.15, 0.2) is 18.5 Å². The molecule has 0 saturated carbocycles. The van der Waals surface area contributed by atoms with Crippen LogP contribution in [0.5, 0.6) is 0 Å². The molecule has 25 heavy (non-hydrogen) atoms. The number of carbonyl (C=O) groups excluding carboxylic acids is 1. The number of hydrogen-bond acceptors (Lipinski definition) is 7. The van der Waals surface area contributed by atoms with Crippen LogP contribution in [0.1, 0.15) is 36.0 Å². The average molecular weight is 342 g/mol. The molecular formula is C17H22N6O2. The molecule has 0 unspecified atom stereocenters. The molecule has 1 aliphatic rings. The first kappa shape index (κ1) is 17.2. The number of likely N-dealkylation sites (tertiary alicyclic amines) is 1. The van der Waals surface area contributed by atoms with Crippen LogP contribution in [0.3, 0.4) is 0 Å². The van der Waals surface area contributed by atoms with Crippen molar-refractivity contribution in [2.24, 2.45) is 0 Å². The van der Waals surface area contributed by atoms with Crippen molar-refractivity contribution in [3.05, 3.63) is 35.5 Å². The second-order valence-corrected chi connectivity index (χ2v) is 6.11. The van der Waals surface area contributed by atoms with Crippen molar-refractivity contribution >= 4 is 17.7 Å². The Morgan fingerprint density at radius 1 is 1.28 bits per heavy atom. The number of aromatic nitrogens is 4.